The Morgan fingerprint density at radius 2 is 2.36 bits per heavy atom. The van der Waals surface area contributed by atoms with Gasteiger partial charge >= 0.3 is 0 Å². The molecule has 0 aliphatic carbocycles. The van der Waals surface area contributed by atoms with E-state index < -0.39 is 0 Å². The van der Waals surface area contributed by atoms with Gasteiger partial charge in [-0.1, -0.05) is 19.9 Å². The van der Waals surface area contributed by atoms with E-state index in [1.54, 1.807) is 6.20 Å². The van der Waals surface area contributed by atoms with Crippen molar-refractivity contribution in [3.8, 4) is 0 Å². The zero-order chi connectivity index (χ0) is 10.4. The Balaban J connectivity index is 2.38. The second kappa shape index (κ2) is 5.53. The summed E-state index contributed by atoms with van der Waals surface area (Å²) in [6, 6.07) is 3.98. The fraction of sp³-hybridized carbons (Fsp3) is 0.500. The number of aromatic nitrogens is 1. The van der Waals surface area contributed by atoms with Crippen LogP contribution in [0.5, 0.6) is 0 Å². The smallest absolute Gasteiger partial charge is 0.135 e. The molecule has 1 heterocycles. The average molecular weight is 191 g/mol. The summed E-state index contributed by atoms with van der Waals surface area (Å²) in [7, 11) is 0. The molecule has 0 aliphatic heterocycles. The van der Waals surface area contributed by atoms with Crippen LogP contribution in [0, 0.1) is 5.92 Å². The molecule has 0 radical (unpaired) electrons. The first kappa shape index (κ1) is 10.9. The van der Waals surface area contributed by atoms with Crippen LogP contribution in [0.4, 0.5) is 0 Å². The lowest BCUT2D eigenvalue weighted by Crippen LogP contribution is -2.10. The van der Waals surface area contributed by atoms with E-state index in [-0.39, 0.29) is 5.92 Å². The summed E-state index contributed by atoms with van der Waals surface area (Å²) in [6.07, 6.45) is 6.15. The van der Waals surface area contributed by atoms with Gasteiger partial charge in [-0.25, -0.2) is 0 Å². The van der Waals surface area contributed by atoms with Crippen LogP contribution in [-0.4, -0.2) is 10.8 Å². The van der Waals surface area contributed by atoms with E-state index in [1.165, 1.54) is 5.56 Å². The molecule has 0 saturated carbocycles. The van der Waals surface area contributed by atoms with Crippen LogP contribution in [0.2, 0.25) is 0 Å². The molecule has 1 aromatic heterocycles. The van der Waals surface area contributed by atoms with E-state index in [1.807, 2.05) is 26.1 Å². The van der Waals surface area contributed by atoms with Gasteiger partial charge in [0.05, 0.1) is 0 Å². The van der Waals surface area contributed by atoms with E-state index in [2.05, 4.69) is 11.1 Å². The van der Waals surface area contributed by atoms with Gasteiger partial charge in [-0.2, -0.15) is 0 Å². The average Bonchev–Trinajstić information content (AvgIpc) is 2.26. The van der Waals surface area contributed by atoms with Crippen LogP contribution in [-0.2, 0) is 11.2 Å². The van der Waals surface area contributed by atoms with Crippen molar-refractivity contribution >= 4 is 5.78 Å². The summed E-state index contributed by atoms with van der Waals surface area (Å²) in [4.78, 5) is 15.4. The number of carbonyl (C=O) groups is 1. The topological polar surface area (TPSA) is 30.0 Å². The largest absolute Gasteiger partial charge is 0.299 e. The molecule has 0 N–H and O–H groups in total. The minimum absolute atomic E-state index is 0.181. The molecular formula is C12H17NO. The number of carbonyl (C=O) groups excluding carboxylic acids is 1. The highest BCUT2D eigenvalue weighted by molar-refractivity contribution is 5.80. The minimum atomic E-state index is 0.181. The summed E-state index contributed by atoms with van der Waals surface area (Å²) in [6.45, 7) is 3.92. The molecule has 1 aromatic rings. The zero-order valence-electron chi connectivity index (χ0n) is 8.86. The second-order valence-electron chi connectivity index (χ2n) is 3.62. The van der Waals surface area contributed by atoms with Gasteiger partial charge in [-0.05, 0) is 24.5 Å². The van der Waals surface area contributed by atoms with Crippen LogP contribution >= 0.6 is 0 Å². The van der Waals surface area contributed by atoms with Crippen LogP contribution < -0.4 is 0 Å². The normalized spacial score (nSPS) is 12.4. The number of aryl methyl sites for hydroxylation is 1. The van der Waals surface area contributed by atoms with Gasteiger partial charge in [0.2, 0.25) is 0 Å². The van der Waals surface area contributed by atoms with Crippen molar-refractivity contribution < 1.29 is 4.79 Å². The third-order valence-electron chi connectivity index (χ3n) is 2.49. The fourth-order valence-corrected chi connectivity index (χ4v) is 1.44. The molecule has 0 fully saturated rings. The summed E-state index contributed by atoms with van der Waals surface area (Å²) in [5, 5.41) is 0. The predicted octanol–water partition coefficient (Wildman–Crippen LogP) is 2.63. The van der Waals surface area contributed by atoms with Gasteiger partial charge in [0.25, 0.3) is 0 Å². The molecule has 0 bridgehead atoms. The summed E-state index contributed by atoms with van der Waals surface area (Å²) in [5.74, 6) is 0.536. The Hall–Kier alpha value is -1.18. The molecule has 1 unspecified atom stereocenters. The number of hydrogen-bond acceptors (Lipinski definition) is 2. The van der Waals surface area contributed by atoms with Crippen LogP contribution in [0.1, 0.15) is 32.3 Å². The van der Waals surface area contributed by atoms with Crippen LogP contribution in [0.25, 0.3) is 0 Å². The van der Waals surface area contributed by atoms with Crippen molar-refractivity contribution in [2.45, 2.75) is 33.1 Å². The molecule has 2 heteroatoms. The molecule has 0 spiro atoms. The number of pyridine rings is 1. The molecule has 0 amide bonds. The van der Waals surface area contributed by atoms with Crippen molar-refractivity contribution in [1.82, 2.24) is 4.98 Å². The summed E-state index contributed by atoms with van der Waals surface area (Å²) in [5.41, 5.74) is 1.21. The Kier molecular flexibility index (Phi) is 4.30. The molecule has 1 atom stereocenters. The third-order valence-corrected chi connectivity index (χ3v) is 2.49. The Bertz CT molecular complexity index is 282. The fourth-order valence-electron chi connectivity index (χ4n) is 1.44. The molecular weight excluding hydrogens is 174 g/mol. The van der Waals surface area contributed by atoms with Crippen molar-refractivity contribution in [1.29, 1.82) is 0 Å². The standard InChI is InChI=1S/C12H17NO/c1-3-12(14)10(2)6-7-11-5-4-8-13-9-11/h4-5,8-10H,3,6-7H2,1-2H3. The first-order chi connectivity index (χ1) is 6.74. The first-order valence-corrected chi connectivity index (χ1v) is 5.15. The molecule has 0 aliphatic rings. The predicted molar refractivity (Wildman–Crippen MR) is 57.0 cm³/mol. The van der Waals surface area contributed by atoms with E-state index in [9.17, 15) is 4.79 Å². The maximum absolute atomic E-state index is 11.3. The number of Topliss-reactive ketones (excluding diaryl/α,β-unsaturated/α-hetero) is 1. The summed E-state index contributed by atoms with van der Waals surface area (Å²) >= 11 is 0. The van der Waals surface area contributed by atoms with Gasteiger partial charge in [0.1, 0.15) is 5.78 Å². The third kappa shape index (κ3) is 3.29. The SMILES string of the molecule is CCC(=O)C(C)CCc1cccnc1. The summed E-state index contributed by atoms with van der Waals surface area (Å²) < 4.78 is 0. The molecule has 76 valence electrons. The maximum atomic E-state index is 11.3. The highest BCUT2D eigenvalue weighted by Gasteiger charge is 2.09. The number of hydrogen-bond donors (Lipinski definition) is 0. The molecule has 0 aromatic carbocycles. The minimum Gasteiger partial charge on any atom is -0.299 e. The van der Waals surface area contributed by atoms with Crippen molar-refractivity contribution in [2.24, 2.45) is 5.92 Å². The zero-order valence-corrected chi connectivity index (χ0v) is 8.86. The Morgan fingerprint density at radius 3 is 2.93 bits per heavy atom. The highest BCUT2D eigenvalue weighted by Crippen LogP contribution is 2.10. The Morgan fingerprint density at radius 1 is 1.57 bits per heavy atom. The van der Waals surface area contributed by atoms with Crippen molar-refractivity contribution in [2.75, 3.05) is 0 Å². The quantitative estimate of drug-likeness (QED) is 0.716. The van der Waals surface area contributed by atoms with Crippen molar-refractivity contribution in [3.63, 3.8) is 0 Å². The lowest BCUT2D eigenvalue weighted by Gasteiger charge is -2.08. The van der Waals surface area contributed by atoms with Gasteiger partial charge in [-0.3, -0.25) is 9.78 Å². The number of nitrogens with zero attached hydrogens (tertiary/aromatic N) is 1. The van der Waals surface area contributed by atoms with Gasteiger partial charge in [0, 0.05) is 24.7 Å². The van der Waals surface area contributed by atoms with E-state index >= 15 is 0 Å². The highest BCUT2D eigenvalue weighted by atomic mass is 16.1. The number of rotatable bonds is 5. The molecule has 2 nitrogen and oxygen atoms in total. The lowest BCUT2D eigenvalue weighted by molar-refractivity contribution is -0.122. The lowest BCUT2D eigenvalue weighted by atomic mass is 9.97. The van der Waals surface area contributed by atoms with Gasteiger partial charge in [-0.15, -0.1) is 0 Å². The Labute approximate surface area is 85.4 Å². The van der Waals surface area contributed by atoms with E-state index in [0.717, 1.165) is 12.8 Å². The van der Waals surface area contributed by atoms with Crippen molar-refractivity contribution in [3.05, 3.63) is 30.1 Å². The molecule has 14 heavy (non-hydrogen) atoms. The van der Waals surface area contributed by atoms with E-state index in [0.29, 0.717) is 12.2 Å². The molecule has 0 saturated heterocycles. The van der Waals surface area contributed by atoms with Gasteiger partial charge < -0.3 is 0 Å². The van der Waals surface area contributed by atoms with Crippen LogP contribution in [0.15, 0.2) is 24.5 Å². The first-order valence-electron chi connectivity index (χ1n) is 5.15. The van der Waals surface area contributed by atoms with Crippen LogP contribution in [0.3, 0.4) is 0 Å². The second-order valence-corrected chi connectivity index (χ2v) is 3.62. The van der Waals surface area contributed by atoms with E-state index in [4.69, 9.17) is 0 Å². The number of ketones is 1. The monoisotopic (exact) mass is 191 g/mol. The van der Waals surface area contributed by atoms with Gasteiger partial charge in [0.15, 0.2) is 0 Å². The maximum Gasteiger partial charge on any atom is 0.135 e. The molecule has 1 rings (SSSR count).